The number of nitrogens with one attached hydrogen (secondary N) is 2. The number of imidazole rings is 1. The summed E-state index contributed by atoms with van der Waals surface area (Å²) in [5, 5.41) is 4.13. The van der Waals surface area contributed by atoms with Gasteiger partial charge in [-0.3, -0.25) is 9.40 Å². The van der Waals surface area contributed by atoms with E-state index in [1.54, 1.807) is 20.0 Å². The largest absolute Gasteiger partial charge is 0.332 e. The molecule has 2 heterocycles. The Kier molecular flexibility index (Phi) is 3.12. The van der Waals surface area contributed by atoms with Gasteiger partial charge in [-0.25, -0.2) is 4.98 Å². The third-order valence-electron chi connectivity index (χ3n) is 2.47. The molecule has 0 radical (unpaired) electrons. The Morgan fingerprint density at radius 2 is 2.22 bits per heavy atom. The maximum Gasteiger partial charge on any atom is 0.280 e. The number of hydrogen-bond donors (Lipinski definition) is 2. The lowest BCUT2D eigenvalue weighted by Crippen LogP contribution is -2.15. The fourth-order valence-corrected chi connectivity index (χ4v) is 2.58. The quantitative estimate of drug-likeness (QED) is 0.859. The third-order valence-corrected chi connectivity index (χ3v) is 3.73. The van der Waals surface area contributed by atoms with Gasteiger partial charge in [-0.15, -0.1) is 0 Å². The van der Waals surface area contributed by atoms with Gasteiger partial charge in [0.1, 0.15) is 11.6 Å². The molecule has 0 aliphatic heterocycles. The van der Waals surface area contributed by atoms with E-state index in [1.165, 1.54) is 10.9 Å². The van der Waals surface area contributed by atoms with Crippen LogP contribution in [0, 0.1) is 6.92 Å². The second-order valence-corrected chi connectivity index (χ2v) is 5.60. The zero-order valence-corrected chi connectivity index (χ0v) is 11.2. The Morgan fingerprint density at radius 1 is 1.50 bits per heavy atom. The molecule has 2 aromatic rings. The number of anilines is 1. The lowest BCUT2D eigenvalue weighted by molar-refractivity contribution is 0.597. The molecule has 98 valence electrons. The Bertz CT molecular complexity index is 656. The molecule has 18 heavy (non-hydrogen) atoms. The van der Waals surface area contributed by atoms with E-state index in [0.717, 1.165) is 5.69 Å². The Balaban J connectivity index is 2.29. The zero-order valence-electron chi connectivity index (χ0n) is 10.4. The van der Waals surface area contributed by atoms with Gasteiger partial charge >= 0.3 is 0 Å². The molecule has 0 aliphatic rings. The molecule has 0 unspecified atom stereocenters. The van der Waals surface area contributed by atoms with Crippen molar-refractivity contribution in [3.63, 3.8) is 0 Å². The highest BCUT2D eigenvalue weighted by atomic mass is 32.2. The van der Waals surface area contributed by atoms with Crippen molar-refractivity contribution in [2.45, 2.75) is 25.3 Å². The number of aryl methyl sites for hydroxylation is 3. The van der Waals surface area contributed by atoms with E-state index in [9.17, 15) is 8.42 Å². The molecule has 0 amide bonds. The van der Waals surface area contributed by atoms with Crippen LogP contribution in [0.2, 0.25) is 0 Å². The van der Waals surface area contributed by atoms with Crippen molar-refractivity contribution < 1.29 is 8.42 Å². The minimum absolute atomic E-state index is 0.0539. The fourth-order valence-electron chi connectivity index (χ4n) is 1.56. The highest BCUT2D eigenvalue weighted by Gasteiger charge is 2.18. The summed E-state index contributed by atoms with van der Waals surface area (Å²) in [6.07, 6.45) is 1.96. The van der Waals surface area contributed by atoms with Crippen molar-refractivity contribution in [2.75, 3.05) is 4.72 Å². The SMILES string of the molecule is CCc1ncc(S(=O)(=O)Nc2cc(C)nn2C)[nH]1. The van der Waals surface area contributed by atoms with E-state index in [1.807, 2.05) is 6.92 Å². The van der Waals surface area contributed by atoms with Crippen LogP contribution >= 0.6 is 0 Å². The van der Waals surface area contributed by atoms with Crippen LogP contribution < -0.4 is 4.72 Å². The van der Waals surface area contributed by atoms with Crippen molar-refractivity contribution in [1.82, 2.24) is 19.7 Å². The Morgan fingerprint density at radius 3 is 2.72 bits per heavy atom. The van der Waals surface area contributed by atoms with E-state index in [-0.39, 0.29) is 5.03 Å². The molecule has 8 heteroatoms. The Hall–Kier alpha value is -1.83. The lowest BCUT2D eigenvalue weighted by atomic mass is 10.5. The maximum absolute atomic E-state index is 12.1. The molecule has 2 N–H and O–H groups in total. The van der Waals surface area contributed by atoms with Crippen LogP contribution in [-0.2, 0) is 23.5 Å². The van der Waals surface area contributed by atoms with E-state index in [2.05, 4.69) is 19.8 Å². The van der Waals surface area contributed by atoms with Gasteiger partial charge in [-0.2, -0.15) is 13.5 Å². The van der Waals surface area contributed by atoms with E-state index in [4.69, 9.17) is 0 Å². The summed E-state index contributed by atoms with van der Waals surface area (Å²) in [7, 11) is -1.96. The minimum Gasteiger partial charge on any atom is -0.332 e. The van der Waals surface area contributed by atoms with Crippen molar-refractivity contribution in [3.05, 3.63) is 23.8 Å². The highest BCUT2D eigenvalue weighted by Crippen LogP contribution is 2.15. The first kappa shape index (κ1) is 12.6. The van der Waals surface area contributed by atoms with Gasteiger partial charge in [0.25, 0.3) is 10.0 Å². The molecule has 7 nitrogen and oxygen atoms in total. The lowest BCUT2D eigenvalue weighted by Gasteiger charge is -2.05. The van der Waals surface area contributed by atoms with Gasteiger partial charge in [0.15, 0.2) is 5.03 Å². The molecule has 0 saturated heterocycles. The van der Waals surface area contributed by atoms with Crippen LogP contribution in [0.3, 0.4) is 0 Å². The van der Waals surface area contributed by atoms with Crippen LogP contribution in [0.15, 0.2) is 17.3 Å². The monoisotopic (exact) mass is 269 g/mol. The van der Waals surface area contributed by atoms with Crippen LogP contribution in [0.25, 0.3) is 0 Å². The standard InChI is InChI=1S/C10H15N5O2S/c1-4-8-11-6-10(12-8)18(16,17)14-9-5-7(2)13-15(9)3/h5-6,14H,4H2,1-3H3,(H,11,12). The first-order valence-electron chi connectivity index (χ1n) is 5.49. The minimum atomic E-state index is -3.64. The summed E-state index contributed by atoms with van der Waals surface area (Å²) in [5.74, 6) is 1.05. The zero-order chi connectivity index (χ0) is 13.3. The number of aromatic amines is 1. The predicted molar refractivity (Wildman–Crippen MR) is 66.7 cm³/mol. The maximum atomic E-state index is 12.1. The average molecular weight is 269 g/mol. The molecule has 0 saturated carbocycles. The molecule has 0 fully saturated rings. The van der Waals surface area contributed by atoms with Crippen LogP contribution in [0.1, 0.15) is 18.4 Å². The second kappa shape index (κ2) is 4.45. The number of aromatic nitrogens is 4. The number of nitrogens with zero attached hydrogens (tertiary/aromatic N) is 3. The Labute approximate surface area is 105 Å². The molecular weight excluding hydrogens is 254 g/mol. The summed E-state index contributed by atoms with van der Waals surface area (Å²) >= 11 is 0. The van der Waals surface area contributed by atoms with Crippen molar-refractivity contribution in [3.8, 4) is 0 Å². The van der Waals surface area contributed by atoms with E-state index in [0.29, 0.717) is 18.1 Å². The molecule has 0 aromatic carbocycles. The van der Waals surface area contributed by atoms with Crippen LogP contribution in [0.4, 0.5) is 5.82 Å². The van der Waals surface area contributed by atoms with Crippen LogP contribution in [-0.4, -0.2) is 28.2 Å². The summed E-state index contributed by atoms with van der Waals surface area (Å²) in [4.78, 5) is 6.73. The topological polar surface area (TPSA) is 92.7 Å². The fraction of sp³-hybridized carbons (Fsp3) is 0.400. The number of H-pyrrole nitrogens is 1. The summed E-state index contributed by atoms with van der Waals surface area (Å²) in [6, 6.07) is 1.66. The van der Waals surface area contributed by atoms with E-state index < -0.39 is 10.0 Å². The van der Waals surface area contributed by atoms with Crippen molar-refractivity contribution >= 4 is 15.8 Å². The first-order valence-corrected chi connectivity index (χ1v) is 6.98. The van der Waals surface area contributed by atoms with Gasteiger partial charge < -0.3 is 4.98 Å². The summed E-state index contributed by atoms with van der Waals surface area (Å²) in [5.41, 5.74) is 0.744. The van der Waals surface area contributed by atoms with Crippen LogP contribution in [0.5, 0.6) is 0 Å². The summed E-state index contributed by atoms with van der Waals surface area (Å²) < 4.78 is 28.1. The smallest absolute Gasteiger partial charge is 0.280 e. The second-order valence-electron chi connectivity index (χ2n) is 3.95. The molecule has 2 rings (SSSR count). The van der Waals surface area contributed by atoms with E-state index >= 15 is 0 Å². The van der Waals surface area contributed by atoms with Gasteiger partial charge in [0.2, 0.25) is 0 Å². The first-order chi connectivity index (χ1) is 8.42. The average Bonchev–Trinajstić information content (AvgIpc) is 2.86. The highest BCUT2D eigenvalue weighted by molar-refractivity contribution is 7.92. The number of rotatable bonds is 4. The molecule has 0 bridgehead atoms. The predicted octanol–water partition coefficient (Wildman–Crippen LogP) is 0.815. The van der Waals surface area contributed by atoms with Gasteiger partial charge in [-0.1, -0.05) is 6.92 Å². The van der Waals surface area contributed by atoms with Crippen molar-refractivity contribution in [1.29, 1.82) is 0 Å². The third kappa shape index (κ3) is 2.37. The number of sulfonamides is 1. The summed E-state index contributed by atoms with van der Waals surface area (Å²) in [6.45, 7) is 3.69. The van der Waals surface area contributed by atoms with Gasteiger partial charge in [0, 0.05) is 19.5 Å². The van der Waals surface area contributed by atoms with Gasteiger partial charge in [0.05, 0.1) is 11.9 Å². The molecule has 0 spiro atoms. The molecule has 2 aromatic heterocycles. The van der Waals surface area contributed by atoms with Gasteiger partial charge in [-0.05, 0) is 6.92 Å². The molecular formula is C10H15N5O2S. The number of hydrogen-bond acceptors (Lipinski definition) is 4. The molecule has 0 atom stereocenters. The van der Waals surface area contributed by atoms with Crippen molar-refractivity contribution in [2.24, 2.45) is 7.05 Å². The normalized spacial score (nSPS) is 11.7. The molecule has 0 aliphatic carbocycles.